The molecular formula is C21H26FN3O5S. The molecule has 0 bridgehead atoms. The van der Waals surface area contributed by atoms with Gasteiger partial charge in [-0.25, -0.2) is 12.8 Å². The van der Waals surface area contributed by atoms with Crippen LogP contribution in [-0.4, -0.2) is 43.7 Å². The van der Waals surface area contributed by atoms with E-state index in [2.05, 4.69) is 10.6 Å². The zero-order valence-electron chi connectivity index (χ0n) is 17.3. The number of halogens is 1. The molecule has 2 N–H and O–H groups in total. The standard InChI is InChI=1S/C21H26FN3O5S/c1-15-13-16(22)7-8-19(15)31(28,29)25-11-3-2-5-17(25)9-10-23-20(26)21(27)24-14-18-6-4-12-30-18/h4,6-8,12-13,17H,2-3,5,9-11,14H2,1H3,(H,23,26)(H,24,27)/t17-/m0/s1. The van der Waals surface area contributed by atoms with Crippen molar-refractivity contribution in [2.24, 2.45) is 0 Å². The number of aryl methyl sites for hydroxylation is 1. The molecule has 0 radical (unpaired) electrons. The average Bonchev–Trinajstić information content (AvgIpc) is 3.25. The molecule has 0 aliphatic carbocycles. The second-order valence-corrected chi connectivity index (χ2v) is 9.34. The molecule has 10 heteroatoms. The minimum atomic E-state index is -3.80. The Morgan fingerprint density at radius 2 is 1.97 bits per heavy atom. The van der Waals surface area contributed by atoms with Crippen molar-refractivity contribution in [3.05, 3.63) is 53.7 Å². The maximum absolute atomic E-state index is 13.4. The van der Waals surface area contributed by atoms with E-state index in [9.17, 15) is 22.4 Å². The molecule has 1 aromatic carbocycles. The molecule has 1 aliphatic heterocycles. The van der Waals surface area contributed by atoms with Crippen LogP contribution in [0.1, 0.15) is 37.0 Å². The summed E-state index contributed by atoms with van der Waals surface area (Å²) in [6, 6.07) is 6.68. The van der Waals surface area contributed by atoms with Gasteiger partial charge in [-0.2, -0.15) is 4.31 Å². The SMILES string of the molecule is Cc1cc(F)ccc1S(=O)(=O)N1CCCC[C@H]1CCNC(=O)C(=O)NCc1ccco1. The molecule has 31 heavy (non-hydrogen) atoms. The van der Waals surface area contributed by atoms with Gasteiger partial charge < -0.3 is 15.1 Å². The number of carbonyl (C=O) groups is 2. The predicted molar refractivity (Wildman–Crippen MR) is 111 cm³/mol. The monoisotopic (exact) mass is 451 g/mol. The normalized spacial score (nSPS) is 17.3. The van der Waals surface area contributed by atoms with Crippen LogP contribution in [0.2, 0.25) is 0 Å². The molecule has 3 rings (SSSR count). The fraction of sp³-hybridized carbons (Fsp3) is 0.429. The van der Waals surface area contributed by atoms with Crippen LogP contribution in [0.3, 0.4) is 0 Å². The van der Waals surface area contributed by atoms with Crippen LogP contribution < -0.4 is 10.6 Å². The van der Waals surface area contributed by atoms with E-state index in [0.717, 1.165) is 18.9 Å². The summed E-state index contributed by atoms with van der Waals surface area (Å²) >= 11 is 0. The highest BCUT2D eigenvalue weighted by Gasteiger charge is 2.34. The topological polar surface area (TPSA) is 109 Å². The van der Waals surface area contributed by atoms with Gasteiger partial charge in [0.25, 0.3) is 0 Å². The zero-order chi connectivity index (χ0) is 22.4. The van der Waals surface area contributed by atoms with E-state index < -0.39 is 27.7 Å². The fourth-order valence-corrected chi connectivity index (χ4v) is 5.63. The first-order valence-electron chi connectivity index (χ1n) is 10.2. The highest BCUT2D eigenvalue weighted by molar-refractivity contribution is 7.89. The van der Waals surface area contributed by atoms with Gasteiger partial charge in [-0.05, 0) is 62.1 Å². The Morgan fingerprint density at radius 1 is 1.19 bits per heavy atom. The van der Waals surface area contributed by atoms with Crippen molar-refractivity contribution in [3.8, 4) is 0 Å². The van der Waals surface area contributed by atoms with Crippen LogP contribution >= 0.6 is 0 Å². The average molecular weight is 452 g/mol. The van der Waals surface area contributed by atoms with Gasteiger partial charge in [0.05, 0.1) is 17.7 Å². The van der Waals surface area contributed by atoms with Crippen LogP contribution in [-0.2, 0) is 26.2 Å². The van der Waals surface area contributed by atoms with E-state index in [4.69, 9.17) is 4.42 Å². The molecule has 2 heterocycles. The third-order valence-electron chi connectivity index (χ3n) is 5.27. The number of benzene rings is 1. The van der Waals surface area contributed by atoms with Crippen molar-refractivity contribution in [1.82, 2.24) is 14.9 Å². The molecule has 1 aromatic heterocycles. The summed E-state index contributed by atoms with van der Waals surface area (Å²) in [5.41, 5.74) is 0.353. The van der Waals surface area contributed by atoms with Gasteiger partial charge in [0.15, 0.2) is 0 Å². The van der Waals surface area contributed by atoms with Crippen LogP contribution in [0.15, 0.2) is 45.9 Å². The van der Waals surface area contributed by atoms with Crippen LogP contribution in [0.25, 0.3) is 0 Å². The zero-order valence-corrected chi connectivity index (χ0v) is 18.1. The minimum absolute atomic E-state index is 0.0853. The lowest BCUT2D eigenvalue weighted by atomic mass is 10.0. The van der Waals surface area contributed by atoms with Crippen molar-refractivity contribution >= 4 is 21.8 Å². The first-order chi connectivity index (χ1) is 14.8. The van der Waals surface area contributed by atoms with Gasteiger partial charge in [0.1, 0.15) is 11.6 Å². The van der Waals surface area contributed by atoms with Crippen LogP contribution in [0.5, 0.6) is 0 Å². The molecule has 1 atom stereocenters. The molecule has 2 aromatic rings. The second kappa shape index (κ2) is 10.1. The minimum Gasteiger partial charge on any atom is -0.467 e. The number of amides is 2. The van der Waals surface area contributed by atoms with E-state index in [1.807, 2.05) is 0 Å². The van der Waals surface area contributed by atoms with Crippen molar-refractivity contribution in [3.63, 3.8) is 0 Å². The van der Waals surface area contributed by atoms with Crippen molar-refractivity contribution in [1.29, 1.82) is 0 Å². The molecule has 168 valence electrons. The summed E-state index contributed by atoms with van der Waals surface area (Å²) in [5, 5.41) is 4.99. The Kier molecular flexibility index (Phi) is 7.45. The Labute approximate surface area is 180 Å². The fourth-order valence-electron chi connectivity index (χ4n) is 3.70. The van der Waals surface area contributed by atoms with Gasteiger partial charge in [-0.15, -0.1) is 0 Å². The van der Waals surface area contributed by atoms with Crippen LogP contribution in [0.4, 0.5) is 4.39 Å². The maximum Gasteiger partial charge on any atom is 0.309 e. The van der Waals surface area contributed by atoms with Gasteiger partial charge in [0.2, 0.25) is 10.0 Å². The van der Waals surface area contributed by atoms with Gasteiger partial charge in [0, 0.05) is 19.1 Å². The first kappa shape index (κ1) is 23.0. The Morgan fingerprint density at radius 3 is 2.68 bits per heavy atom. The molecule has 1 aliphatic rings. The molecule has 2 amide bonds. The number of nitrogens with zero attached hydrogens (tertiary/aromatic N) is 1. The number of furan rings is 1. The summed E-state index contributed by atoms with van der Waals surface area (Å²) < 4.78 is 46.3. The van der Waals surface area contributed by atoms with E-state index in [1.165, 1.54) is 22.7 Å². The lowest BCUT2D eigenvalue weighted by Crippen LogP contribution is -2.46. The lowest BCUT2D eigenvalue weighted by Gasteiger charge is -2.35. The summed E-state index contributed by atoms with van der Waals surface area (Å²) in [4.78, 5) is 24.0. The molecule has 8 nitrogen and oxygen atoms in total. The Bertz CT molecular complexity index is 1020. The third kappa shape index (κ3) is 5.71. The van der Waals surface area contributed by atoms with Gasteiger partial charge >= 0.3 is 11.8 Å². The quantitative estimate of drug-likeness (QED) is 0.627. The predicted octanol–water partition coefficient (Wildman–Crippen LogP) is 2.09. The first-order valence-corrected chi connectivity index (χ1v) is 11.6. The number of rotatable bonds is 7. The summed E-state index contributed by atoms with van der Waals surface area (Å²) in [5.74, 6) is -1.53. The van der Waals surface area contributed by atoms with Crippen molar-refractivity contribution < 1.29 is 26.8 Å². The van der Waals surface area contributed by atoms with E-state index in [0.29, 0.717) is 30.7 Å². The van der Waals surface area contributed by atoms with Crippen molar-refractivity contribution in [2.45, 2.75) is 50.1 Å². The number of carbonyl (C=O) groups excluding carboxylic acids is 2. The highest BCUT2D eigenvalue weighted by Crippen LogP contribution is 2.28. The molecular weight excluding hydrogens is 425 g/mol. The van der Waals surface area contributed by atoms with E-state index in [-0.39, 0.29) is 24.0 Å². The molecule has 0 spiro atoms. The largest absolute Gasteiger partial charge is 0.467 e. The Hall–Kier alpha value is -2.72. The molecule has 1 fully saturated rings. The van der Waals surface area contributed by atoms with Gasteiger partial charge in [-0.1, -0.05) is 6.42 Å². The summed E-state index contributed by atoms with van der Waals surface area (Å²) in [7, 11) is -3.80. The number of hydrogen-bond donors (Lipinski definition) is 2. The number of nitrogens with one attached hydrogen (secondary N) is 2. The lowest BCUT2D eigenvalue weighted by molar-refractivity contribution is -0.139. The van der Waals surface area contributed by atoms with E-state index >= 15 is 0 Å². The second-order valence-electron chi connectivity index (χ2n) is 7.48. The molecule has 0 saturated carbocycles. The number of hydrogen-bond acceptors (Lipinski definition) is 5. The third-order valence-corrected chi connectivity index (χ3v) is 7.38. The van der Waals surface area contributed by atoms with Crippen LogP contribution in [0, 0.1) is 12.7 Å². The molecule has 1 saturated heterocycles. The highest BCUT2D eigenvalue weighted by atomic mass is 32.2. The van der Waals surface area contributed by atoms with E-state index in [1.54, 1.807) is 19.1 Å². The summed E-state index contributed by atoms with van der Waals surface area (Å²) in [6.07, 6.45) is 4.10. The summed E-state index contributed by atoms with van der Waals surface area (Å²) in [6.45, 7) is 2.19. The molecule has 0 unspecified atom stereocenters. The number of sulfonamides is 1. The Balaban J connectivity index is 1.57. The maximum atomic E-state index is 13.4. The van der Waals surface area contributed by atoms with Crippen molar-refractivity contribution in [2.75, 3.05) is 13.1 Å². The van der Waals surface area contributed by atoms with Gasteiger partial charge in [-0.3, -0.25) is 9.59 Å². The smallest absolute Gasteiger partial charge is 0.309 e. The number of piperidine rings is 1.